The van der Waals surface area contributed by atoms with E-state index in [9.17, 15) is 9.59 Å². The average Bonchev–Trinajstić information content (AvgIpc) is 2.66. The normalized spacial score (nSPS) is 10.3. The molecule has 0 radical (unpaired) electrons. The van der Waals surface area contributed by atoms with E-state index in [4.69, 9.17) is 9.47 Å². The van der Waals surface area contributed by atoms with Gasteiger partial charge in [0.15, 0.2) is 6.61 Å². The van der Waals surface area contributed by atoms with Gasteiger partial charge in [0.05, 0.1) is 12.1 Å². The first-order valence-corrected chi connectivity index (χ1v) is 8.21. The predicted octanol–water partition coefficient (Wildman–Crippen LogP) is 3.43. The van der Waals surface area contributed by atoms with Crippen molar-refractivity contribution < 1.29 is 19.1 Å². The number of aromatic nitrogens is 1. The Kier molecular flexibility index (Phi) is 5.43. The number of carbonyl (C=O) groups excluding carboxylic acids is 2. The molecular formula is C20H18N2O4. The summed E-state index contributed by atoms with van der Waals surface area (Å²) >= 11 is 0. The third kappa shape index (κ3) is 4.36. The minimum absolute atomic E-state index is 0.183. The number of ether oxygens (including phenoxy) is 2. The highest BCUT2D eigenvalue weighted by Crippen LogP contribution is 2.19. The highest BCUT2D eigenvalue weighted by Gasteiger charge is 2.10. The maximum atomic E-state index is 12.4. The third-order valence-electron chi connectivity index (χ3n) is 3.58. The molecule has 1 N–H and O–H groups in total. The van der Waals surface area contributed by atoms with Crippen LogP contribution in [0, 0.1) is 0 Å². The number of amides is 1. The number of hydrogen-bond donors (Lipinski definition) is 1. The van der Waals surface area contributed by atoms with Gasteiger partial charge < -0.3 is 14.8 Å². The Hall–Kier alpha value is -3.41. The van der Waals surface area contributed by atoms with E-state index in [0.29, 0.717) is 23.7 Å². The summed E-state index contributed by atoms with van der Waals surface area (Å²) in [7, 11) is 0. The third-order valence-corrected chi connectivity index (χ3v) is 3.58. The topological polar surface area (TPSA) is 77.5 Å². The molecule has 0 unspecified atom stereocenters. The lowest BCUT2D eigenvalue weighted by Gasteiger charge is -2.09. The number of benzene rings is 2. The molecule has 0 fully saturated rings. The number of rotatable bonds is 6. The molecule has 1 aromatic heterocycles. The summed E-state index contributed by atoms with van der Waals surface area (Å²) in [6, 6.07) is 17.9. The zero-order valence-corrected chi connectivity index (χ0v) is 14.3. The van der Waals surface area contributed by atoms with Gasteiger partial charge in [-0.25, -0.2) is 9.78 Å². The molecule has 0 atom stereocenters. The van der Waals surface area contributed by atoms with Crippen LogP contribution >= 0.6 is 0 Å². The largest absolute Gasteiger partial charge is 0.482 e. The van der Waals surface area contributed by atoms with Crippen LogP contribution in [0.4, 0.5) is 5.69 Å². The Bertz CT molecular complexity index is 940. The predicted molar refractivity (Wildman–Crippen MR) is 98.3 cm³/mol. The molecular weight excluding hydrogens is 332 g/mol. The fourth-order valence-corrected chi connectivity index (χ4v) is 2.40. The van der Waals surface area contributed by atoms with Crippen LogP contribution in [0.15, 0.2) is 60.7 Å². The number of anilines is 1. The van der Waals surface area contributed by atoms with E-state index in [1.54, 1.807) is 37.3 Å². The van der Waals surface area contributed by atoms with Crippen molar-refractivity contribution in [3.63, 3.8) is 0 Å². The van der Waals surface area contributed by atoms with Gasteiger partial charge in [-0.1, -0.05) is 30.3 Å². The number of carbonyl (C=O) groups is 2. The maximum Gasteiger partial charge on any atom is 0.344 e. The molecule has 2 aromatic carbocycles. The monoisotopic (exact) mass is 350 g/mol. The molecule has 0 aliphatic carbocycles. The summed E-state index contributed by atoms with van der Waals surface area (Å²) in [5.74, 6) is -0.303. The van der Waals surface area contributed by atoms with Crippen LogP contribution in [-0.4, -0.2) is 30.1 Å². The lowest BCUT2D eigenvalue weighted by molar-refractivity contribution is -0.145. The summed E-state index contributed by atoms with van der Waals surface area (Å²) in [5.41, 5.74) is 1.62. The zero-order valence-electron chi connectivity index (χ0n) is 14.3. The molecule has 0 saturated heterocycles. The van der Waals surface area contributed by atoms with E-state index < -0.39 is 5.97 Å². The van der Waals surface area contributed by atoms with Crippen molar-refractivity contribution in [3.05, 3.63) is 66.4 Å². The number of nitrogens with one attached hydrogen (secondary N) is 1. The van der Waals surface area contributed by atoms with E-state index in [2.05, 4.69) is 10.3 Å². The number of hydrogen-bond acceptors (Lipinski definition) is 5. The molecule has 0 aliphatic rings. The summed E-state index contributed by atoms with van der Waals surface area (Å²) in [4.78, 5) is 28.1. The zero-order chi connectivity index (χ0) is 18.4. The van der Waals surface area contributed by atoms with E-state index in [1.165, 1.54) is 0 Å². The van der Waals surface area contributed by atoms with Crippen LogP contribution in [-0.2, 0) is 9.53 Å². The van der Waals surface area contributed by atoms with Gasteiger partial charge in [0.25, 0.3) is 5.91 Å². The first-order valence-electron chi connectivity index (χ1n) is 8.21. The van der Waals surface area contributed by atoms with Crippen LogP contribution in [0.1, 0.15) is 17.4 Å². The maximum absolute atomic E-state index is 12.4. The highest BCUT2D eigenvalue weighted by molar-refractivity contribution is 6.04. The average molecular weight is 350 g/mol. The van der Waals surface area contributed by atoms with Crippen LogP contribution in [0.2, 0.25) is 0 Å². The fourth-order valence-electron chi connectivity index (χ4n) is 2.40. The van der Waals surface area contributed by atoms with Gasteiger partial charge in [0.1, 0.15) is 11.4 Å². The molecule has 3 rings (SSSR count). The lowest BCUT2D eigenvalue weighted by Crippen LogP contribution is -2.15. The van der Waals surface area contributed by atoms with Crippen molar-refractivity contribution in [2.75, 3.05) is 18.5 Å². The summed E-state index contributed by atoms with van der Waals surface area (Å²) in [5, 5.41) is 3.75. The second-order valence-corrected chi connectivity index (χ2v) is 5.46. The molecule has 6 nitrogen and oxygen atoms in total. The molecule has 1 heterocycles. The molecule has 0 spiro atoms. The van der Waals surface area contributed by atoms with E-state index in [0.717, 1.165) is 10.9 Å². The minimum Gasteiger partial charge on any atom is -0.482 e. The van der Waals surface area contributed by atoms with Crippen molar-refractivity contribution in [1.29, 1.82) is 0 Å². The highest BCUT2D eigenvalue weighted by atomic mass is 16.6. The van der Waals surface area contributed by atoms with Gasteiger partial charge in [-0.2, -0.15) is 0 Å². The van der Waals surface area contributed by atoms with Gasteiger partial charge >= 0.3 is 5.97 Å². The molecule has 0 saturated carbocycles. The fraction of sp³-hybridized carbons (Fsp3) is 0.150. The van der Waals surface area contributed by atoms with E-state index in [1.807, 2.05) is 30.3 Å². The Morgan fingerprint density at radius 1 is 1.04 bits per heavy atom. The Morgan fingerprint density at radius 3 is 2.73 bits per heavy atom. The molecule has 26 heavy (non-hydrogen) atoms. The SMILES string of the molecule is CCOC(=O)COc1cccc(NC(=O)c2ccc3ccccc3n2)c1. The van der Waals surface area contributed by atoms with Gasteiger partial charge in [-0.15, -0.1) is 0 Å². The van der Waals surface area contributed by atoms with Gasteiger partial charge in [-0.3, -0.25) is 4.79 Å². The summed E-state index contributed by atoms with van der Waals surface area (Å²) < 4.78 is 10.2. The van der Waals surface area contributed by atoms with Crippen LogP contribution in [0.5, 0.6) is 5.75 Å². The molecule has 132 valence electrons. The number of para-hydroxylation sites is 1. The number of fused-ring (bicyclic) bond motifs is 1. The van der Waals surface area contributed by atoms with Crippen LogP contribution < -0.4 is 10.1 Å². The second-order valence-electron chi connectivity index (χ2n) is 5.46. The molecule has 1 amide bonds. The minimum atomic E-state index is -0.442. The van der Waals surface area contributed by atoms with Gasteiger partial charge in [-0.05, 0) is 31.2 Å². The number of pyridine rings is 1. The Morgan fingerprint density at radius 2 is 1.88 bits per heavy atom. The molecule has 6 heteroatoms. The van der Waals surface area contributed by atoms with Crippen molar-refractivity contribution >= 4 is 28.5 Å². The van der Waals surface area contributed by atoms with Crippen molar-refractivity contribution in [2.24, 2.45) is 0 Å². The van der Waals surface area contributed by atoms with Crippen molar-refractivity contribution in [1.82, 2.24) is 4.98 Å². The summed E-state index contributed by atoms with van der Waals surface area (Å²) in [6.45, 7) is 1.85. The van der Waals surface area contributed by atoms with E-state index in [-0.39, 0.29) is 12.5 Å². The summed E-state index contributed by atoms with van der Waals surface area (Å²) in [6.07, 6.45) is 0. The second kappa shape index (κ2) is 8.11. The molecule has 3 aromatic rings. The first-order chi connectivity index (χ1) is 12.7. The smallest absolute Gasteiger partial charge is 0.344 e. The Balaban J connectivity index is 1.68. The number of nitrogens with zero attached hydrogens (tertiary/aromatic N) is 1. The van der Waals surface area contributed by atoms with Crippen molar-refractivity contribution in [3.8, 4) is 5.75 Å². The Labute approximate surface area is 150 Å². The molecule has 0 bridgehead atoms. The van der Waals surface area contributed by atoms with Crippen LogP contribution in [0.3, 0.4) is 0 Å². The van der Waals surface area contributed by atoms with Gasteiger partial charge in [0.2, 0.25) is 0 Å². The number of esters is 1. The van der Waals surface area contributed by atoms with Crippen LogP contribution in [0.25, 0.3) is 10.9 Å². The van der Waals surface area contributed by atoms with E-state index >= 15 is 0 Å². The molecule has 0 aliphatic heterocycles. The lowest BCUT2D eigenvalue weighted by atomic mass is 10.2. The first kappa shape index (κ1) is 17.4. The van der Waals surface area contributed by atoms with Crippen molar-refractivity contribution in [2.45, 2.75) is 6.92 Å². The quantitative estimate of drug-likeness (QED) is 0.689. The van der Waals surface area contributed by atoms with Gasteiger partial charge in [0, 0.05) is 17.1 Å². The standard InChI is InChI=1S/C20H18N2O4/c1-2-25-19(23)13-26-16-8-5-7-15(12-16)21-20(24)18-11-10-14-6-3-4-9-17(14)22-18/h3-12H,2,13H2,1H3,(H,21,24).